The van der Waals surface area contributed by atoms with E-state index < -0.39 is 11.3 Å². The molecule has 0 heterocycles. The number of benzene rings is 1. The standard InChI is InChI=1S/C18H23ClO4/c1-18(9-3-4-14(20)11-18)12-23-15-7-5-13(6-8-15)10-16(19)17(21)22-2/h5-8,16H,3-4,9-12H2,1-2H3. The maximum Gasteiger partial charge on any atom is 0.324 e. The summed E-state index contributed by atoms with van der Waals surface area (Å²) in [7, 11) is 1.32. The third-order valence-corrected chi connectivity index (χ3v) is 4.57. The Morgan fingerprint density at radius 1 is 1.35 bits per heavy atom. The predicted molar refractivity (Wildman–Crippen MR) is 88.9 cm³/mol. The molecule has 0 amide bonds. The van der Waals surface area contributed by atoms with Crippen LogP contribution < -0.4 is 4.74 Å². The van der Waals surface area contributed by atoms with Gasteiger partial charge in [0.15, 0.2) is 0 Å². The van der Waals surface area contributed by atoms with Gasteiger partial charge in [0.25, 0.3) is 0 Å². The van der Waals surface area contributed by atoms with Crippen LogP contribution in [-0.4, -0.2) is 30.8 Å². The van der Waals surface area contributed by atoms with Gasteiger partial charge in [-0.3, -0.25) is 9.59 Å². The van der Waals surface area contributed by atoms with Gasteiger partial charge in [-0.1, -0.05) is 19.1 Å². The molecule has 126 valence electrons. The first-order valence-corrected chi connectivity index (χ1v) is 8.31. The lowest BCUT2D eigenvalue weighted by Gasteiger charge is -2.32. The van der Waals surface area contributed by atoms with E-state index in [-0.39, 0.29) is 5.41 Å². The molecule has 1 aromatic carbocycles. The van der Waals surface area contributed by atoms with Crippen molar-refractivity contribution in [3.63, 3.8) is 0 Å². The average Bonchev–Trinajstić information content (AvgIpc) is 2.53. The van der Waals surface area contributed by atoms with Crippen LogP contribution in [0.5, 0.6) is 5.75 Å². The topological polar surface area (TPSA) is 52.6 Å². The second-order valence-corrected chi connectivity index (χ2v) is 7.03. The molecule has 2 rings (SSSR count). The first kappa shape index (κ1) is 17.8. The Balaban J connectivity index is 1.87. The molecule has 2 atom stereocenters. The minimum Gasteiger partial charge on any atom is -0.493 e. The van der Waals surface area contributed by atoms with Crippen LogP contribution in [0.25, 0.3) is 0 Å². The molecular weight excluding hydrogens is 316 g/mol. The fourth-order valence-corrected chi connectivity index (χ4v) is 3.15. The zero-order valence-electron chi connectivity index (χ0n) is 13.6. The number of esters is 1. The summed E-state index contributed by atoms with van der Waals surface area (Å²) in [5.41, 5.74) is 0.877. The van der Waals surface area contributed by atoms with Gasteiger partial charge >= 0.3 is 5.97 Å². The largest absolute Gasteiger partial charge is 0.493 e. The summed E-state index contributed by atoms with van der Waals surface area (Å²) < 4.78 is 10.5. The molecule has 1 saturated carbocycles. The lowest BCUT2D eigenvalue weighted by molar-refractivity contribution is -0.140. The zero-order chi connectivity index (χ0) is 16.9. The monoisotopic (exact) mass is 338 g/mol. The first-order chi connectivity index (χ1) is 10.9. The molecule has 1 aliphatic rings. The number of Topliss-reactive ketones (excluding diaryl/α,β-unsaturated/α-hetero) is 1. The molecule has 1 fully saturated rings. The van der Waals surface area contributed by atoms with Gasteiger partial charge in [-0.15, -0.1) is 11.6 Å². The lowest BCUT2D eigenvalue weighted by Crippen LogP contribution is -2.31. The normalized spacial score (nSPS) is 22.5. The van der Waals surface area contributed by atoms with Crippen molar-refractivity contribution < 1.29 is 19.1 Å². The third-order valence-electron chi connectivity index (χ3n) is 4.24. The SMILES string of the molecule is COC(=O)C(Cl)Cc1ccc(OCC2(C)CCCC(=O)C2)cc1. The highest BCUT2D eigenvalue weighted by Crippen LogP contribution is 2.34. The molecule has 1 aliphatic carbocycles. The van der Waals surface area contributed by atoms with E-state index in [4.69, 9.17) is 16.3 Å². The van der Waals surface area contributed by atoms with Gasteiger partial charge in [0.1, 0.15) is 16.9 Å². The van der Waals surface area contributed by atoms with E-state index in [0.717, 1.165) is 24.2 Å². The van der Waals surface area contributed by atoms with Crippen LogP contribution in [0, 0.1) is 5.41 Å². The number of carbonyl (C=O) groups is 2. The van der Waals surface area contributed by atoms with E-state index >= 15 is 0 Å². The molecule has 0 radical (unpaired) electrons. The van der Waals surface area contributed by atoms with Crippen molar-refractivity contribution in [3.8, 4) is 5.75 Å². The van der Waals surface area contributed by atoms with Crippen molar-refractivity contribution in [2.45, 2.75) is 44.4 Å². The molecule has 0 N–H and O–H groups in total. The van der Waals surface area contributed by atoms with E-state index in [2.05, 4.69) is 11.7 Å². The number of halogens is 1. The first-order valence-electron chi connectivity index (χ1n) is 7.87. The summed E-state index contributed by atoms with van der Waals surface area (Å²) in [5.74, 6) is 0.660. The number of ketones is 1. The molecule has 0 spiro atoms. The Morgan fingerprint density at radius 3 is 2.65 bits per heavy atom. The quantitative estimate of drug-likeness (QED) is 0.588. The Kier molecular flexibility index (Phi) is 6.05. The number of methoxy groups -OCH3 is 1. The third kappa shape index (κ3) is 5.24. The van der Waals surface area contributed by atoms with Crippen molar-refractivity contribution in [2.24, 2.45) is 5.41 Å². The van der Waals surface area contributed by atoms with Crippen molar-refractivity contribution in [1.29, 1.82) is 0 Å². The van der Waals surface area contributed by atoms with E-state index in [0.29, 0.717) is 31.7 Å². The van der Waals surface area contributed by atoms with Crippen LogP contribution in [0.1, 0.15) is 38.2 Å². The summed E-state index contributed by atoms with van der Waals surface area (Å²) in [6.45, 7) is 2.64. The molecule has 0 aromatic heterocycles. The van der Waals surface area contributed by atoms with E-state index in [1.165, 1.54) is 7.11 Å². The number of rotatable bonds is 6. The van der Waals surface area contributed by atoms with Gasteiger partial charge in [0.05, 0.1) is 13.7 Å². The minimum absolute atomic E-state index is 0.0693. The van der Waals surface area contributed by atoms with Gasteiger partial charge in [-0.25, -0.2) is 0 Å². The summed E-state index contributed by atoms with van der Waals surface area (Å²) >= 11 is 5.96. The van der Waals surface area contributed by atoms with Crippen LogP contribution in [0.3, 0.4) is 0 Å². The van der Waals surface area contributed by atoms with Crippen molar-refractivity contribution in [1.82, 2.24) is 0 Å². The Labute approximate surface area is 142 Å². The van der Waals surface area contributed by atoms with Gasteiger partial charge in [-0.2, -0.15) is 0 Å². The van der Waals surface area contributed by atoms with Crippen LogP contribution in [0.15, 0.2) is 24.3 Å². The van der Waals surface area contributed by atoms with E-state index in [1.807, 2.05) is 24.3 Å². The van der Waals surface area contributed by atoms with E-state index in [1.54, 1.807) is 0 Å². The van der Waals surface area contributed by atoms with Crippen LogP contribution >= 0.6 is 11.6 Å². The van der Waals surface area contributed by atoms with Gasteiger partial charge in [0, 0.05) is 18.3 Å². The highest BCUT2D eigenvalue weighted by atomic mass is 35.5. The molecule has 0 bridgehead atoms. The Morgan fingerprint density at radius 2 is 2.04 bits per heavy atom. The molecule has 23 heavy (non-hydrogen) atoms. The van der Waals surface area contributed by atoms with Gasteiger partial charge < -0.3 is 9.47 Å². The number of hydrogen-bond acceptors (Lipinski definition) is 4. The Bertz CT molecular complexity index is 555. The van der Waals surface area contributed by atoms with Crippen LogP contribution in [0.2, 0.25) is 0 Å². The van der Waals surface area contributed by atoms with E-state index in [9.17, 15) is 9.59 Å². The maximum atomic E-state index is 11.6. The highest BCUT2D eigenvalue weighted by molar-refractivity contribution is 6.30. The summed E-state index contributed by atoms with van der Waals surface area (Å²) in [5, 5.41) is -0.682. The molecule has 4 nitrogen and oxygen atoms in total. The van der Waals surface area contributed by atoms with Crippen molar-refractivity contribution in [3.05, 3.63) is 29.8 Å². The van der Waals surface area contributed by atoms with Crippen LogP contribution in [-0.2, 0) is 20.7 Å². The lowest BCUT2D eigenvalue weighted by atomic mass is 9.76. The molecular formula is C18H23ClO4. The molecule has 0 aliphatic heterocycles. The van der Waals surface area contributed by atoms with Gasteiger partial charge in [0.2, 0.25) is 0 Å². The molecule has 0 saturated heterocycles. The number of carbonyl (C=O) groups excluding carboxylic acids is 2. The highest BCUT2D eigenvalue weighted by Gasteiger charge is 2.31. The van der Waals surface area contributed by atoms with Crippen molar-refractivity contribution >= 4 is 23.4 Å². The Hall–Kier alpha value is -1.55. The van der Waals surface area contributed by atoms with Gasteiger partial charge in [-0.05, 0) is 37.0 Å². The zero-order valence-corrected chi connectivity index (χ0v) is 14.4. The fourth-order valence-electron chi connectivity index (χ4n) is 2.89. The van der Waals surface area contributed by atoms with Crippen LogP contribution in [0.4, 0.5) is 0 Å². The second-order valence-electron chi connectivity index (χ2n) is 6.51. The average molecular weight is 339 g/mol. The smallest absolute Gasteiger partial charge is 0.324 e. The number of alkyl halides is 1. The molecule has 5 heteroatoms. The summed E-state index contributed by atoms with van der Waals surface area (Å²) in [6, 6.07) is 7.51. The molecule has 1 aromatic rings. The molecule has 2 unspecified atom stereocenters. The minimum atomic E-state index is -0.682. The summed E-state index contributed by atoms with van der Waals surface area (Å²) in [6.07, 6.45) is 3.68. The second kappa shape index (κ2) is 7.82. The number of hydrogen-bond donors (Lipinski definition) is 0. The summed E-state index contributed by atoms with van der Waals surface area (Å²) in [4.78, 5) is 22.9. The van der Waals surface area contributed by atoms with Crippen molar-refractivity contribution in [2.75, 3.05) is 13.7 Å². The number of ether oxygens (including phenoxy) is 2. The predicted octanol–water partition coefficient (Wildman–Crippen LogP) is 3.54. The maximum absolute atomic E-state index is 11.6. The fraction of sp³-hybridized carbons (Fsp3) is 0.556.